The molecule has 0 aliphatic carbocycles. The summed E-state index contributed by atoms with van der Waals surface area (Å²) in [6.45, 7) is 9.50. The molecule has 1 aliphatic heterocycles. The third-order valence-corrected chi connectivity index (χ3v) is 4.70. The number of aliphatic imine (C=N–C) groups is 1. The molecular formula is C19H34IN5. The minimum atomic E-state index is 0. The normalized spacial score (nSPS) is 19.4. The van der Waals surface area contributed by atoms with E-state index in [2.05, 4.69) is 71.6 Å². The van der Waals surface area contributed by atoms with E-state index in [-0.39, 0.29) is 24.0 Å². The zero-order valence-electron chi connectivity index (χ0n) is 16.3. The second-order valence-corrected chi connectivity index (χ2v) is 7.02. The van der Waals surface area contributed by atoms with Crippen LogP contribution in [0.15, 0.2) is 23.2 Å². The molecule has 1 aromatic rings. The number of piperazine rings is 1. The van der Waals surface area contributed by atoms with Crippen LogP contribution in [0.1, 0.15) is 16.7 Å². The molecule has 1 aliphatic rings. The third kappa shape index (κ3) is 7.50. The van der Waals surface area contributed by atoms with E-state index in [1.807, 2.05) is 7.05 Å². The van der Waals surface area contributed by atoms with Crippen LogP contribution in [0.2, 0.25) is 0 Å². The van der Waals surface area contributed by atoms with E-state index in [1.54, 1.807) is 0 Å². The van der Waals surface area contributed by atoms with Crippen molar-refractivity contribution in [1.29, 1.82) is 0 Å². The van der Waals surface area contributed by atoms with Gasteiger partial charge in [-0.15, -0.1) is 24.0 Å². The molecule has 0 aromatic heterocycles. The van der Waals surface area contributed by atoms with Crippen molar-refractivity contribution in [3.05, 3.63) is 34.9 Å². The summed E-state index contributed by atoms with van der Waals surface area (Å²) in [7, 11) is 6.23. The molecule has 0 amide bonds. The molecule has 2 rings (SSSR count). The SMILES string of the molecule is CN=C(NCCc1cc(C)cc(C)c1)NCC1CN(C)CCN1C.I. The van der Waals surface area contributed by atoms with Gasteiger partial charge in [0, 0.05) is 45.8 Å². The fourth-order valence-electron chi connectivity index (χ4n) is 3.30. The highest BCUT2D eigenvalue weighted by molar-refractivity contribution is 14.0. The van der Waals surface area contributed by atoms with E-state index < -0.39 is 0 Å². The van der Waals surface area contributed by atoms with Gasteiger partial charge in [0.05, 0.1) is 0 Å². The lowest BCUT2D eigenvalue weighted by molar-refractivity contribution is 0.116. The second kappa shape index (κ2) is 11.0. The first-order valence-electron chi connectivity index (χ1n) is 8.88. The number of benzene rings is 1. The van der Waals surface area contributed by atoms with Crippen molar-refractivity contribution in [1.82, 2.24) is 20.4 Å². The summed E-state index contributed by atoms with van der Waals surface area (Å²) in [5.41, 5.74) is 4.04. The summed E-state index contributed by atoms with van der Waals surface area (Å²) >= 11 is 0. The van der Waals surface area contributed by atoms with Gasteiger partial charge in [-0.3, -0.25) is 9.89 Å². The lowest BCUT2D eigenvalue weighted by Crippen LogP contribution is -2.55. The number of likely N-dealkylation sites (N-methyl/N-ethyl adjacent to an activating group) is 2. The van der Waals surface area contributed by atoms with E-state index >= 15 is 0 Å². The van der Waals surface area contributed by atoms with E-state index in [0.29, 0.717) is 6.04 Å². The molecule has 2 N–H and O–H groups in total. The maximum absolute atomic E-state index is 4.35. The first-order chi connectivity index (χ1) is 11.5. The van der Waals surface area contributed by atoms with Gasteiger partial charge in [-0.1, -0.05) is 29.3 Å². The Hall–Kier alpha value is -0.860. The Morgan fingerprint density at radius 2 is 1.80 bits per heavy atom. The zero-order valence-corrected chi connectivity index (χ0v) is 18.6. The lowest BCUT2D eigenvalue weighted by Gasteiger charge is -2.37. The molecule has 25 heavy (non-hydrogen) atoms. The number of hydrogen-bond acceptors (Lipinski definition) is 3. The predicted octanol–water partition coefficient (Wildman–Crippen LogP) is 1.87. The van der Waals surface area contributed by atoms with Crippen molar-refractivity contribution < 1.29 is 0 Å². The monoisotopic (exact) mass is 459 g/mol. The fourth-order valence-corrected chi connectivity index (χ4v) is 3.30. The van der Waals surface area contributed by atoms with Crippen LogP contribution in [0, 0.1) is 13.8 Å². The zero-order chi connectivity index (χ0) is 17.5. The molecule has 0 bridgehead atoms. The highest BCUT2D eigenvalue weighted by Gasteiger charge is 2.21. The van der Waals surface area contributed by atoms with Gasteiger partial charge in [0.2, 0.25) is 0 Å². The van der Waals surface area contributed by atoms with E-state index in [4.69, 9.17) is 0 Å². The van der Waals surface area contributed by atoms with Crippen molar-refractivity contribution in [2.75, 3.05) is 53.9 Å². The summed E-state index contributed by atoms with van der Waals surface area (Å²) in [6.07, 6.45) is 1.01. The Morgan fingerprint density at radius 1 is 1.12 bits per heavy atom. The van der Waals surface area contributed by atoms with Crippen molar-refractivity contribution in [3.8, 4) is 0 Å². The summed E-state index contributed by atoms with van der Waals surface area (Å²) in [6, 6.07) is 7.27. The van der Waals surface area contributed by atoms with Gasteiger partial charge >= 0.3 is 0 Å². The molecule has 5 nitrogen and oxygen atoms in total. The molecule has 142 valence electrons. The Labute approximate surface area is 170 Å². The largest absolute Gasteiger partial charge is 0.356 e. The van der Waals surface area contributed by atoms with Gasteiger partial charge in [0.25, 0.3) is 0 Å². The molecule has 0 saturated carbocycles. The van der Waals surface area contributed by atoms with Gasteiger partial charge in [-0.25, -0.2) is 0 Å². The van der Waals surface area contributed by atoms with E-state index in [0.717, 1.165) is 45.1 Å². The topological polar surface area (TPSA) is 42.9 Å². The van der Waals surface area contributed by atoms with Crippen LogP contribution in [-0.4, -0.2) is 75.7 Å². The van der Waals surface area contributed by atoms with Crippen molar-refractivity contribution >= 4 is 29.9 Å². The molecule has 0 radical (unpaired) electrons. The molecule has 1 saturated heterocycles. The van der Waals surface area contributed by atoms with Crippen LogP contribution in [0.4, 0.5) is 0 Å². The van der Waals surface area contributed by atoms with Gasteiger partial charge in [0.1, 0.15) is 0 Å². The first-order valence-corrected chi connectivity index (χ1v) is 8.88. The smallest absolute Gasteiger partial charge is 0.191 e. The Kier molecular flexibility index (Phi) is 9.74. The predicted molar refractivity (Wildman–Crippen MR) is 118 cm³/mol. The number of nitrogens with one attached hydrogen (secondary N) is 2. The standard InChI is InChI=1S/C19H33N5.HI/c1-15-10-16(2)12-17(11-15)6-7-21-19(20-3)22-13-18-14-23(4)8-9-24(18)5;/h10-12,18H,6-9,13-14H2,1-5H3,(H2,20,21,22);1H. The minimum Gasteiger partial charge on any atom is -0.356 e. The average Bonchev–Trinajstić information content (AvgIpc) is 2.52. The highest BCUT2D eigenvalue weighted by Crippen LogP contribution is 2.09. The number of nitrogens with zero attached hydrogens (tertiary/aromatic N) is 3. The number of guanidine groups is 1. The highest BCUT2D eigenvalue weighted by atomic mass is 127. The lowest BCUT2D eigenvalue weighted by atomic mass is 10.1. The second-order valence-electron chi connectivity index (χ2n) is 7.02. The Balaban J connectivity index is 0.00000312. The van der Waals surface area contributed by atoms with Crippen LogP contribution in [-0.2, 0) is 6.42 Å². The van der Waals surface area contributed by atoms with Crippen molar-refractivity contribution in [2.24, 2.45) is 4.99 Å². The maximum atomic E-state index is 4.35. The van der Waals surface area contributed by atoms with Crippen LogP contribution in [0.25, 0.3) is 0 Å². The van der Waals surface area contributed by atoms with Crippen molar-refractivity contribution in [3.63, 3.8) is 0 Å². The molecule has 1 heterocycles. The molecule has 1 aromatic carbocycles. The summed E-state index contributed by atoms with van der Waals surface area (Å²) in [5, 5.41) is 6.90. The number of rotatable bonds is 5. The number of hydrogen-bond donors (Lipinski definition) is 2. The molecule has 0 spiro atoms. The number of aryl methyl sites for hydroxylation is 2. The van der Waals surface area contributed by atoms with Gasteiger partial charge in [-0.2, -0.15) is 0 Å². The average molecular weight is 459 g/mol. The summed E-state index contributed by atoms with van der Waals surface area (Å²) in [4.78, 5) is 9.16. The number of halogens is 1. The molecule has 6 heteroatoms. The van der Waals surface area contributed by atoms with E-state index in [9.17, 15) is 0 Å². The van der Waals surface area contributed by atoms with Crippen LogP contribution in [0.5, 0.6) is 0 Å². The van der Waals surface area contributed by atoms with Crippen LogP contribution < -0.4 is 10.6 Å². The molecule has 1 fully saturated rings. The minimum absolute atomic E-state index is 0. The van der Waals surface area contributed by atoms with Gasteiger partial charge in [-0.05, 0) is 39.9 Å². The Bertz CT molecular complexity index is 540. The summed E-state index contributed by atoms with van der Waals surface area (Å²) < 4.78 is 0. The quantitative estimate of drug-likeness (QED) is 0.401. The van der Waals surface area contributed by atoms with Gasteiger partial charge in [0.15, 0.2) is 5.96 Å². The fraction of sp³-hybridized carbons (Fsp3) is 0.632. The molecule has 1 unspecified atom stereocenters. The Morgan fingerprint density at radius 3 is 2.44 bits per heavy atom. The van der Waals surface area contributed by atoms with Gasteiger partial charge < -0.3 is 15.5 Å². The van der Waals surface area contributed by atoms with Crippen LogP contribution in [0.3, 0.4) is 0 Å². The first kappa shape index (κ1) is 22.2. The van der Waals surface area contributed by atoms with Crippen LogP contribution >= 0.6 is 24.0 Å². The molecular weight excluding hydrogens is 425 g/mol. The maximum Gasteiger partial charge on any atom is 0.191 e. The van der Waals surface area contributed by atoms with E-state index in [1.165, 1.54) is 16.7 Å². The summed E-state index contributed by atoms with van der Waals surface area (Å²) in [5.74, 6) is 0.890. The third-order valence-electron chi connectivity index (χ3n) is 4.70. The molecule has 1 atom stereocenters. The van der Waals surface area contributed by atoms with Crippen molar-refractivity contribution in [2.45, 2.75) is 26.3 Å².